The van der Waals surface area contributed by atoms with Crippen LogP contribution in [0.2, 0.25) is 0 Å². The van der Waals surface area contributed by atoms with Gasteiger partial charge in [-0.2, -0.15) is 0 Å². The normalized spacial score (nSPS) is 12.1. The van der Waals surface area contributed by atoms with Gasteiger partial charge >= 0.3 is 22.7 Å². The molecule has 1 heterocycles. The number of aromatic hydroxyl groups is 2. The van der Waals surface area contributed by atoms with Crippen LogP contribution in [-0.4, -0.2) is 75.7 Å². The van der Waals surface area contributed by atoms with Gasteiger partial charge in [0.25, 0.3) is 22.9 Å². The highest BCUT2D eigenvalue weighted by atomic mass is 16.7. The lowest BCUT2D eigenvalue weighted by molar-refractivity contribution is -0.404. The molecule has 1 aliphatic heterocycles. The summed E-state index contributed by atoms with van der Waals surface area (Å²) in [6.45, 7) is 7.10. The summed E-state index contributed by atoms with van der Waals surface area (Å²) in [6.07, 6.45) is 4.04. The summed E-state index contributed by atoms with van der Waals surface area (Å²) >= 11 is 0. The molecule has 0 saturated carbocycles. The van der Waals surface area contributed by atoms with E-state index in [1.54, 1.807) is 0 Å². The molecule has 1 fully saturated rings. The average molecular weight is 767 g/mol. The maximum Gasteiger partial charge on any atom is 0.324 e. The molecule has 4 aromatic carbocycles. The molecule has 0 amide bonds. The molecule has 5 rings (SSSR count). The molecule has 0 unspecified atom stereocenters. The van der Waals surface area contributed by atoms with Gasteiger partial charge in [0.15, 0.2) is 0 Å². The van der Waals surface area contributed by atoms with Gasteiger partial charge in [-0.05, 0) is 50.0 Å². The lowest BCUT2D eigenvalue weighted by atomic mass is 10.1. The summed E-state index contributed by atoms with van der Waals surface area (Å²) in [4.78, 5) is 60.7. The van der Waals surface area contributed by atoms with Crippen LogP contribution in [0.15, 0.2) is 84.9 Å². The molecule has 4 aromatic rings. The van der Waals surface area contributed by atoms with Crippen LogP contribution in [0.25, 0.3) is 0 Å². The second-order valence-electron chi connectivity index (χ2n) is 11.8. The van der Waals surface area contributed by atoms with Crippen molar-refractivity contribution in [3.63, 3.8) is 0 Å². The van der Waals surface area contributed by atoms with E-state index in [4.69, 9.17) is 10.2 Å². The molecule has 1 saturated heterocycles. The molecule has 22 heteroatoms. The first-order valence-corrected chi connectivity index (χ1v) is 16.2. The van der Waals surface area contributed by atoms with Gasteiger partial charge in [0, 0.05) is 19.6 Å². The fourth-order valence-corrected chi connectivity index (χ4v) is 5.37. The molecule has 0 radical (unpaired) electrons. The van der Waals surface area contributed by atoms with Crippen LogP contribution in [-0.2, 0) is 13.1 Å². The van der Waals surface area contributed by atoms with Gasteiger partial charge in [-0.25, -0.2) is 0 Å². The molecule has 0 spiro atoms. The minimum absolute atomic E-state index is 0.447. The van der Waals surface area contributed by atoms with Crippen LogP contribution >= 0.6 is 0 Å². The number of benzene rings is 4. The van der Waals surface area contributed by atoms with Gasteiger partial charge in [0.1, 0.15) is 0 Å². The number of hydrogen-bond acceptors (Lipinski definition) is 16. The van der Waals surface area contributed by atoms with Crippen molar-refractivity contribution in [1.29, 1.82) is 0 Å². The van der Waals surface area contributed by atoms with Crippen LogP contribution in [0.4, 0.5) is 34.1 Å². The molecule has 1 aliphatic rings. The van der Waals surface area contributed by atoms with E-state index in [0.717, 1.165) is 13.1 Å². The van der Waals surface area contributed by atoms with Crippen molar-refractivity contribution in [2.75, 3.05) is 26.2 Å². The van der Waals surface area contributed by atoms with Crippen molar-refractivity contribution in [1.82, 2.24) is 9.80 Å². The average Bonchev–Trinajstić information content (AvgIpc) is 3.66. The number of rotatable bonds is 14. The largest absolute Gasteiger partial charge is 0.497 e. The Balaban J connectivity index is 0.000000228. The Labute approximate surface area is 310 Å². The summed E-state index contributed by atoms with van der Waals surface area (Å²) in [5.74, 6) is -2.42. The van der Waals surface area contributed by atoms with Crippen molar-refractivity contribution >= 4 is 34.1 Å². The minimum Gasteiger partial charge on any atom is -0.497 e. The second kappa shape index (κ2) is 20.1. The van der Waals surface area contributed by atoms with E-state index in [1.807, 2.05) is 0 Å². The van der Waals surface area contributed by atoms with Crippen LogP contribution in [0, 0.1) is 60.7 Å². The van der Waals surface area contributed by atoms with Gasteiger partial charge in [-0.3, -0.25) is 65.6 Å². The van der Waals surface area contributed by atoms with Crippen LogP contribution < -0.4 is 0 Å². The van der Waals surface area contributed by atoms with Crippen molar-refractivity contribution in [3.8, 4) is 11.5 Å². The van der Waals surface area contributed by atoms with Crippen molar-refractivity contribution in [2.24, 2.45) is 0 Å². The molecular weight excluding hydrogens is 732 g/mol. The van der Waals surface area contributed by atoms with E-state index in [-0.39, 0.29) is 0 Å². The predicted octanol–water partition coefficient (Wildman–Crippen LogP) is 6.41. The zero-order valence-corrected chi connectivity index (χ0v) is 28.8. The maximum absolute atomic E-state index is 10.4. The number of likely N-dealkylation sites (tertiary alicyclic amines) is 1. The number of nitrogens with zero attached hydrogens (tertiary/aromatic N) is 8. The zero-order valence-electron chi connectivity index (χ0n) is 28.8. The van der Waals surface area contributed by atoms with E-state index < -0.39 is 75.2 Å². The van der Waals surface area contributed by atoms with Gasteiger partial charge in [-0.1, -0.05) is 60.7 Å². The Morgan fingerprint density at radius 1 is 0.527 bits per heavy atom. The first-order chi connectivity index (χ1) is 26.1. The predicted molar refractivity (Wildman–Crippen MR) is 193 cm³/mol. The Hall–Kier alpha value is -7.20. The quantitative estimate of drug-likeness (QED) is 0.103. The number of phenols is 2. The van der Waals surface area contributed by atoms with Gasteiger partial charge in [-0.15, -0.1) is 0 Å². The van der Waals surface area contributed by atoms with Crippen molar-refractivity contribution in [2.45, 2.75) is 32.4 Å². The monoisotopic (exact) mass is 766 g/mol. The highest BCUT2D eigenvalue weighted by Crippen LogP contribution is 2.40. The molecule has 0 bridgehead atoms. The number of phenolic OH excluding ortho intramolecular Hbond substituents is 2. The lowest BCUT2D eigenvalue weighted by Gasteiger charge is -2.24. The molecule has 0 aromatic heterocycles. The number of non-ortho nitro benzene ring substituents is 2. The topological polar surface area (TPSA) is 306 Å². The Morgan fingerprint density at radius 3 is 1.15 bits per heavy atom. The number of nitro benzene ring substituents is 6. The highest BCUT2D eigenvalue weighted by Gasteiger charge is 2.31. The molecular formula is C33H34N8O14. The number of nitro groups is 6. The summed E-state index contributed by atoms with van der Waals surface area (Å²) in [5, 5.41) is 80.4. The van der Waals surface area contributed by atoms with Gasteiger partial charge in [0.2, 0.25) is 0 Å². The van der Waals surface area contributed by atoms with Gasteiger partial charge < -0.3 is 15.1 Å². The third kappa shape index (κ3) is 12.8. The van der Waals surface area contributed by atoms with Gasteiger partial charge in [0.05, 0.1) is 53.8 Å². The second-order valence-corrected chi connectivity index (χ2v) is 11.8. The molecule has 0 aliphatic carbocycles. The third-order valence-corrected chi connectivity index (χ3v) is 7.96. The SMILES string of the molecule is O=[N+]([O-])c1cc([N+](=O)[O-])c(O)c([N+](=O)[O-])c1.O=[N+]([O-])c1cc([N+](=O)[O-])c(O)c([N+](=O)[O-])c1.c1ccc(CN(CCCN2CCCC2)Cc2ccccc2)cc1. The van der Waals surface area contributed by atoms with Crippen LogP contribution in [0.1, 0.15) is 30.4 Å². The fourth-order valence-electron chi connectivity index (χ4n) is 5.37. The first-order valence-electron chi connectivity index (χ1n) is 16.2. The van der Waals surface area contributed by atoms with Crippen LogP contribution in [0.3, 0.4) is 0 Å². The molecule has 22 nitrogen and oxygen atoms in total. The van der Waals surface area contributed by atoms with E-state index in [2.05, 4.69) is 70.5 Å². The molecule has 290 valence electrons. The lowest BCUT2D eigenvalue weighted by Crippen LogP contribution is -2.28. The van der Waals surface area contributed by atoms with E-state index in [9.17, 15) is 60.7 Å². The highest BCUT2D eigenvalue weighted by molar-refractivity contribution is 5.65. The maximum atomic E-state index is 10.4. The summed E-state index contributed by atoms with van der Waals surface area (Å²) < 4.78 is 0. The zero-order chi connectivity index (χ0) is 40.7. The van der Waals surface area contributed by atoms with Crippen LogP contribution in [0.5, 0.6) is 11.5 Å². The van der Waals surface area contributed by atoms with E-state index in [0.29, 0.717) is 24.3 Å². The Kier molecular flexibility index (Phi) is 15.5. The summed E-state index contributed by atoms with van der Waals surface area (Å²) in [7, 11) is 0. The standard InChI is InChI=1S/C21H28N2.2C6H3N3O7/c1-3-10-20(11-4-1)18-23(19-21-12-5-2-6-13-21)17-9-16-22-14-7-8-15-22;2*10-6-4(8(13)14)1-3(7(11)12)2-5(6)9(15)16/h1-6,10-13H,7-9,14-19H2;2*1-2,10H. The summed E-state index contributed by atoms with van der Waals surface area (Å²) in [6, 6.07) is 23.5. The third-order valence-electron chi connectivity index (χ3n) is 7.96. The fraction of sp³-hybridized carbons (Fsp3) is 0.273. The van der Waals surface area contributed by atoms with E-state index >= 15 is 0 Å². The Morgan fingerprint density at radius 2 is 0.855 bits per heavy atom. The molecule has 0 atom stereocenters. The van der Waals surface area contributed by atoms with E-state index in [1.165, 1.54) is 56.6 Å². The Bertz CT molecular complexity index is 1810. The molecule has 55 heavy (non-hydrogen) atoms. The number of hydrogen-bond donors (Lipinski definition) is 2. The smallest absolute Gasteiger partial charge is 0.324 e. The molecule has 2 N–H and O–H groups in total. The van der Waals surface area contributed by atoms with Crippen molar-refractivity contribution < 1.29 is 39.8 Å². The van der Waals surface area contributed by atoms with Crippen molar-refractivity contribution in [3.05, 3.63) is 157 Å². The summed E-state index contributed by atoms with van der Waals surface area (Å²) in [5.41, 5.74) is -3.19. The first kappa shape index (κ1) is 42.2. The minimum atomic E-state index is -1.21.